The first-order valence-electron chi connectivity index (χ1n) is 2.84. The van der Waals surface area contributed by atoms with E-state index in [4.69, 9.17) is 22.2 Å². The van der Waals surface area contributed by atoms with Crippen molar-refractivity contribution in [3.8, 4) is 0 Å². The molecule has 1 saturated heterocycles. The van der Waals surface area contributed by atoms with Crippen LogP contribution in [0.5, 0.6) is 0 Å². The average Bonchev–Trinajstić information content (AvgIpc) is 1.64. The fourth-order valence-corrected chi connectivity index (χ4v) is 10.7. The Labute approximate surface area is 61.4 Å². The molecule has 0 aliphatic carbocycles. The smallest absolute Gasteiger partial charge is 0.150 e. The van der Waals surface area contributed by atoms with Gasteiger partial charge in [-0.1, -0.05) is 19.1 Å². The Hall–Kier alpha value is 1.01. The quantitative estimate of drug-likeness (QED) is 0.402. The van der Waals surface area contributed by atoms with Crippen molar-refractivity contribution in [1.82, 2.24) is 0 Å². The monoisotopic (exact) mass is 184 g/mol. The predicted molar refractivity (Wildman–Crippen MR) is 44.6 cm³/mol. The average molecular weight is 185 g/mol. The lowest BCUT2D eigenvalue weighted by Crippen LogP contribution is -2.59. The highest BCUT2D eigenvalue weighted by Gasteiger charge is 2.55. The number of rotatable bonds is 0. The van der Waals surface area contributed by atoms with Crippen molar-refractivity contribution in [2.24, 2.45) is 0 Å². The van der Waals surface area contributed by atoms with Crippen molar-refractivity contribution >= 4 is 36.0 Å². The molecule has 0 nitrogen and oxygen atoms in total. The molecule has 0 atom stereocenters. The van der Waals surface area contributed by atoms with Crippen LogP contribution in [-0.4, -0.2) is 13.8 Å². The van der Waals surface area contributed by atoms with E-state index in [1.54, 1.807) is 0 Å². The highest BCUT2D eigenvalue weighted by atomic mass is 35.7. The second-order valence-corrected chi connectivity index (χ2v) is 22.2. The molecule has 0 spiro atoms. The van der Waals surface area contributed by atoms with E-state index in [-0.39, 0.29) is 0 Å². The molecule has 0 amide bonds. The van der Waals surface area contributed by atoms with Crippen LogP contribution >= 0.6 is 22.2 Å². The van der Waals surface area contributed by atoms with Crippen LogP contribution in [0, 0.1) is 0 Å². The second kappa shape index (κ2) is 1.75. The third kappa shape index (κ3) is 0.876. The first-order valence-corrected chi connectivity index (χ1v) is 11.3. The lowest BCUT2D eigenvalue weighted by Gasteiger charge is -2.43. The normalized spacial score (nSPS) is 31.5. The maximum absolute atomic E-state index is 6.06. The molecule has 0 saturated carbocycles. The number of halogens is 2. The number of hydrogen-bond donors (Lipinski definition) is 0. The standard InChI is InChI=1S/C4H10Cl2Si2/c1-7(2)3-4-8(7,5)6/h3-4H2,1-2H3. The molecule has 8 heavy (non-hydrogen) atoms. The van der Waals surface area contributed by atoms with Crippen LogP contribution in [-0.2, 0) is 0 Å². The molecule has 48 valence electrons. The Balaban J connectivity index is 2.63. The Morgan fingerprint density at radius 2 is 1.50 bits per heavy atom. The third-order valence-electron chi connectivity index (χ3n) is 2.05. The van der Waals surface area contributed by atoms with E-state index < -0.39 is 13.8 Å². The van der Waals surface area contributed by atoms with Crippen LogP contribution in [0.3, 0.4) is 0 Å². The van der Waals surface area contributed by atoms with E-state index in [1.807, 2.05) is 0 Å². The predicted octanol–water partition coefficient (Wildman–Crippen LogP) is 2.71. The summed E-state index contributed by atoms with van der Waals surface area (Å²) in [5, 5.41) is 0. The van der Waals surface area contributed by atoms with Gasteiger partial charge in [0.05, 0.1) is 7.59 Å². The van der Waals surface area contributed by atoms with Gasteiger partial charge in [0.2, 0.25) is 6.21 Å². The molecular formula is C4H10Cl2Si2. The maximum atomic E-state index is 6.06. The largest absolute Gasteiger partial charge is 0.238 e. The zero-order valence-electron chi connectivity index (χ0n) is 5.17. The van der Waals surface area contributed by atoms with Crippen LogP contribution in [0.15, 0.2) is 0 Å². The molecule has 1 aliphatic heterocycles. The summed E-state index contributed by atoms with van der Waals surface area (Å²) in [6.07, 6.45) is -1.59. The number of hydrogen-bond acceptors (Lipinski definition) is 0. The lowest BCUT2D eigenvalue weighted by molar-refractivity contribution is 1.29. The van der Waals surface area contributed by atoms with Crippen molar-refractivity contribution in [3.05, 3.63) is 0 Å². The molecule has 1 heterocycles. The summed E-state index contributed by atoms with van der Waals surface area (Å²) in [6, 6.07) is 2.50. The van der Waals surface area contributed by atoms with Gasteiger partial charge in [-0.25, -0.2) is 0 Å². The fourth-order valence-electron chi connectivity index (χ4n) is 0.814. The maximum Gasteiger partial charge on any atom is 0.238 e. The van der Waals surface area contributed by atoms with Crippen LogP contribution in [0.2, 0.25) is 25.2 Å². The van der Waals surface area contributed by atoms with Crippen molar-refractivity contribution in [2.45, 2.75) is 25.2 Å². The summed E-state index contributed by atoms with van der Waals surface area (Å²) < 4.78 is 0. The molecule has 0 bridgehead atoms. The van der Waals surface area contributed by atoms with Gasteiger partial charge >= 0.3 is 0 Å². The van der Waals surface area contributed by atoms with Gasteiger partial charge < -0.3 is 0 Å². The minimum atomic E-state index is -1.59. The highest BCUT2D eigenvalue weighted by molar-refractivity contribution is 7.77. The van der Waals surface area contributed by atoms with Gasteiger partial charge in [-0.3, -0.25) is 0 Å². The van der Waals surface area contributed by atoms with Gasteiger partial charge in [0.25, 0.3) is 0 Å². The minimum Gasteiger partial charge on any atom is -0.150 e. The van der Waals surface area contributed by atoms with Crippen molar-refractivity contribution < 1.29 is 0 Å². The topological polar surface area (TPSA) is 0 Å². The van der Waals surface area contributed by atoms with E-state index in [0.29, 0.717) is 0 Å². The molecule has 0 aromatic heterocycles. The van der Waals surface area contributed by atoms with E-state index in [0.717, 1.165) is 6.04 Å². The van der Waals surface area contributed by atoms with Gasteiger partial charge in [0, 0.05) is 0 Å². The summed E-state index contributed by atoms with van der Waals surface area (Å²) in [6.45, 7) is 4.59. The lowest BCUT2D eigenvalue weighted by atomic mass is 10.9. The van der Waals surface area contributed by atoms with E-state index in [2.05, 4.69) is 13.1 Å². The van der Waals surface area contributed by atoms with E-state index in [9.17, 15) is 0 Å². The minimum absolute atomic E-state index is 1.01. The third-order valence-corrected chi connectivity index (χ3v) is 24.7. The summed E-state index contributed by atoms with van der Waals surface area (Å²) in [4.78, 5) is 0. The molecule has 4 heteroatoms. The van der Waals surface area contributed by atoms with E-state index >= 15 is 0 Å². The molecule has 0 radical (unpaired) electrons. The Kier molecular flexibility index (Phi) is 1.56. The molecule has 0 N–H and O–H groups in total. The summed E-state index contributed by atoms with van der Waals surface area (Å²) in [5.41, 5.74) is 0. The van der Waals surface area contributed by atoms with Gasteiger partial charge in [0.15, 0.2) is 0 Å². The van der Waals surface area contributed by atoms with Crippen LogP contribution < -0.4 is 0 Å². The molecule has 0 aromatic rings. The summed E-state index contributed by atoms with van der Waals surface area (Å²) >= 11 is 12.1. The van der Waals surface area contributed by atoms with Crippen LogP contribution in [0.4, 0.5) is 0 Å². The zero-order chi connectivity index (χ0) is 6.41. The molecule has 1 rings (SSSR count). The van der Waals surface area contributed by atoms with Gasteiger partial charge in [-0.2, -0.15) is 0 Å². The Bertz CT molecular complexity index is 96.6. The fraction of sp³-hybridized carbons (Fsp3) is 1.00. The first kappa shape index (κ1) is 7.12. The molecule has 0 unspecified atom stereocenters. The highest BCUT2D eigenvalue weighted by Crippen LogP contribution is 2.45. The van der Waals surface area contributed by atoms with Gasteiger partial charge in [-0.05, 0) is 6.04 Å². The van der Waals surface area contributed by atoms with Gasteiger partial charge in [0.1, 0.15) is 0 Å². The van der Waals surface area contributed by atoms with Crippen molar-refractivity contribution in [2.75, 3.05) is 0 Å². The molecular weight excluding hydrogens is 175 g/mol. The molecule has 0 aromatic carbocycles. The zero-order valence-corrected chi connectivity index (χ0v) is 8.68. The second-order valence-electron chi connectivity index (χ2n) is 3.09. The van der Waals surface area contributed by atoms with Crippen LogP contribution in [0.25, 0.3) is 0 Å². The summed E-state index contributed by atoms with van der Waals surface area (Å²) in [5.74, 6) is 0. The SMILES string of the molecule is C[Si]1(C)CC[Si]1(Cl)Cl. The van der Waals surface area contributed by atoms with E-state index in [1.165, 1.54) is 6.04 Å². The van der Waals surface area contributed by atoms with Gasteiger partial charge in [-0.15, -0.1) is 22.2 Å². The van der Waals surface area contributed by atoms with Crippen molar-refractivity contribution in [3.63, 3.8) is 0 Å². The van der Waals surface area contributed by atoms with Crippen molar-refractivity contribution in [1.29, 1.82) is 0 Å². The molecule has 1 aliphatic rings. The Morgan fingerprint density at radius 1 is 1.12 bits per heavy atom. The first-order chi connectivity index (χ1) is 3.46. The molecule has 1 fully saturated rings. The van der Waals surface area contributed by atoms with Crippen LogP contribution in [0.1, 0.15) is 0 Å². The Morgan fingerprint density at radius 3 is 1.50 bits per heavy atom. The summed E-state index contributed by atoms with van der Waals surface area (Å²) in [7, 11) is -1.01.